The minimum Gasteiger partial charge on any atom is -0.494 e. The number of benzene rings is 1. The normalized spacial score (nSPS) is 10.2. The molecule has 80 valence electrons. The van der Waals surface area contributed by atoms with Crippen LogP contribution in [-0.4, -0.2) is 17.7 Å². The summed E-state index contributed by atoms with van der Waals surface area (Å²) in [4.78, 5) is 10.2. The molecule has 0 unspecified atom stereocenters. The van der Waals surface area contributed by atoms with Crippen molar-refractivity contribution in [2.24, 2.45) is 0 Å². The fourth-order valence-electron chi connectivity index (χ4n) is 1.05. The first kappa shape index (κ1) is 11.1. The smallest absolute Gasteiger partial charge is 0.329 e. The Kier molecular flexibility index (Phi) is 4.22. The van der Waals surface area contributed by atoms with Gasteiger partial charge < -0.3 is 15.2 Å². The summed E-state index contributed by atoms with van der Waals surface area (Å²) in [5, 5.41) is 11.2. The van der Waals surface area contributed by atoms with Gasteiger partial charge in [0.1, 0.15) is 5.75 Å². The van der Waals surface area contributed by atoms with Gasteiger partial charge >= 0.3 is 5.97 Å². The van der Waals surface area contributed by atoms with Gasteiger partial charge in [-0.05, 0) is 19.1 Å². The lowest BCUT2D eigenvalue weighted by Crippen LogP contribution is -1.94. The highest BCUT2D eigenvalue weighted by Crippen LogP contribution is 2.16. The summed E-state index contributed by atoms with van der Waals surface area (Å²) < 4.78 is 5.29. The first-order chi connectivity index (χ1) is 7.22. The molecule has 0 amide bonds. The van der Waals surface area contributed by atoms with Crippen molar-refractivity contribution in [2.45, 2.75) is 6.92 Å². The lowest BCUT2D eigenvalue weighted by atomic mass is 10.3. The number of hydrogen-bond donors (Lipinski definition) is 2. The summed E-state index contributed by atoms with van der Waals surface area (Å²) in [5.41, 5.74) is 0.790. The van der Waals surface area contributed by atoms with E-state index in [9.17, 15) is 4.79 Å². The van der Waals surface area contributed by atoms with Crippen molar-refractivity contribution in [3.63, 3.8) is 0 Å². The van der Waals surface area contributed by atoms with Crippen LogP contribution in [-0.2, 0) is 4.79 Å². The van der Waals surface area contributed by atoms with Crippen LogP contribution >= 0.6 is 0 Å². The van der Waals surface area contributed by atoms with E-state index in [2.05, 4.69) is 5.32 Å². The second kappa shape index (κ2) is 5.70. The number of aliphatic carboxylic acids is 1. The van der Waals surface area contributed by atoms with Gasteiger partial charge in [0.05, 0.1) is 6.61 Å². The van der Waals surface area contributed by atoms with Crippen LogP contribution in [0.1, 0.15) is 6.92 Å². The molecule has 0 bridgehead atoms. The van der Waals surface area contributed by atoms with Crippen LogP contribution in [0.3, 0.4) is 0 Å². The minimum absolute atomic E-state index is 0.606. The van der Waals surface area contributed by atoms with E-state index in [-0.39, 0.29) is 0 Å². The molecule has 0 radical (unpaired) electrons. The number of carboxylic acid groups (broad SMARTS) is 1. The molecular formula is C11H13NO3. The summed E-state index contributed by atoms with van der Waals surface area (Å²) in [6.45, 7) is 2.51. The number of anilines is 1. The molecule has 0 heterocycles. The Balaban J connectivity index is 2.61. The van der Waals surface area contributed by atoms with Crippen molar-refractivity contribution in [3.05, 3.63) is 36.5 Å². The van der Waals surface area contributed by atoms with E-state index < -0.39 is 5.97 Å². The number of rotatable bonds is 5. The molecule has 0 aliphatic rings. The average Bonchev–Trinajstić information content (AvgIpc) is 2.18. The molecule has 1 rings (SSSR count). The Morgan fingerprint density at radius 3 is 3.07 bits per heavy atom. The number of carbonyl (C=O) groups is 1. The molecule has 0 atom stereocenters. The molecule has 0 saturated carbocycles. The summed E-state index contributed by atoms with van der Waals surface area (Å²) in [6.07, 6.45) is 2.40. The summed E-state index contributed by atoms with van der Waals surface area (Å²) in [7, 11) is 0. The van der Waals surface area contributed by atoms with Gasteiger partial charge in [0.25, 0.3) is 0 Å². The Labute approximate surface area is 88.2 Å². The monoisotopic (exact) mass is 207 g/mol. The highest BCUT2D eigenvalue weighted by atomic mass is 16.5. The van der Waals surface area contributed by atoms with Gasteiger partial charge in [0, 0.05) is 24.0 Å². The molecule has 0 aliphatic carbocycles. The molecule has 15 heavy (non-hydrogen) atoms. The van der Waals surface area contributed by atoms with Crippen LogP contribution < -0.4 is 10.1 Å². The third kappa shape index (κ3) is 4.17. The number of ether oxygens (including phenoxy) is 1. The third-order valence-corrected chi connectivity index (χ3v) is 1.62. The lowest BCUT2D eigenvalue weighted by Gasteiger charge is -2.05. The third-order valence-electron chi connectivity index (χ3n) is 1.62. The van der Waals surface area contributed by atoms with Gasteiger partial charge in [-0.15, -0.1) is 0 Å². The number of hydrogen-bond acceptors (Lipinski definition) is 3. The molecule has 0 fully saturated rings. The van der Waals surface area contributed by atoms with Crippen molar-refractivity contribution in [2.75, 3.05) is 11.9 Å². The topological polar surface area (TPSA) is 58.6 Å². The zero-order valence-electron chi connectivity index (χ0n) is 8.43. The van der Waals surface area contributed by atoms with E-state index >= 15 is 0 Å². The van der Waals surface area contributed by atoms with E-state index in [0.29, 0.717) is 6.61 Å². The van der Waals surface area contributed by atoms with Gasteiger partial charge in [-0.25, -0.2) is 4.79 Å². The number of nitrogens with one attached hydrogen (secondary N) is 1. The summed E-state index contributed by atoms with van der Waals surface area (Å²) in [6, 6.07) is 7.31. The quantitative estimate of drug-likeness (QED) is 0.726. The van der Waals surface area contributed by atoms with Crippen LogP contribution in [0.2, 0.25) is 0 Å². The summed E-state index contributed by atoms with van der Waals surface area (Å²) in [5.74, 6) is -0.227. The summed E-state index contributed by atoms with van der Waals surface area (Å²) >= 11 is 0. The van der Waals surface area contributed by atoms with Gasteiger partial charge in [-0.3, -0.25) is 0 Å². The maximum Gasteiger partial charge on any atom is 0.329 e. The van der Waals surface area contributed by atoms with Crippen LogP contribution in [0, 0.1) is 0 Å². The molecule has 4 heteroatoms. The first-order valence-corrected chi connectivity index (χ1v) is 4.61. The van der Waals surface area contributed by atoms with Gasteiger partial charge in [-0.2, -0.15) is 0 Å². The first-order valence-electron chi connectivity index (χ1n) is 4.61. The molecule has 2 N–H and O–H groups in total. The Bertz CT molecular complexity index is 361. The largest absolute Gasteiger partial charge is 0.494 e. The van der Waals surface area contributed by atoms with Gasteiger partial charge in [0.2, 0.25) is 0 Å². The van der Waals surface area contributed by atoms with E-state index in [1.165, 1.54) is 6.20 Å². The van der Waals surface area contributed by atoms with Crippen LogP contribution in [0.25, 0.3) is 0 Å². The molecule has 0 spiro atoms. The Hall–Kier alpha value is -1.97. The van der Waals surface area contributed by atoms with Gasteiger partial charge in [0.15, 0.2) is 0 Å². The second-order valence-electron chi connectivity index (χ2n) is 2.78. The van der Waals surface area contributed by atoms with E-state index in [4.69, 9.17) is 9.84 Å². The Morgan fingerprint density at radius 2 is 2.40 bits per heavy atom. The molecule has 0 saturated heterocycles. The average molecular weight is 207 g/mol. The predicted molar refractivity (Wildman–Crippen MR) is 58.0 cm³/mol. The molecule has 0 aliphatic heterocycles. The van der Waals surface area contributed by atoms with Crippen molar-refractivity contribution in [1.82, 2.24) is 0 Å². The molecule has 4 nitrogen and oxygen atoms in total. The van der Waals surface area contributed by atoms with E-state index in [1.54, 1.807) is 6.07 Å². The van der Waals surface area contributed by atoms with Crippen molar-refractivity contribution in [3.8, 4) is 5.75 Å². The van der Waals surface area contributed by atoms with Crippen molar-refractivity contribution in [1.29, 1.82) is 0 Å². The van der Waals surface area contributed by atoms with Gasteiger partial charge in [-0.1, -0.05) is 6.07 Å². The highest BCUT2D eigenvalue weighted by Gasteiger charge is 1.93. The van der Waals surface area contributed by atoms with Crippen molar-refractivity contribution >= 4 is 11.7 Å². The molecule has 1 aromatic carbocycles. The maximum absolute atomic E-state index is 10.2. The molecule has 1 aromatic rings. The minimum atomic E-state index is -0.983. The zero-order chi connectivity index (χ0) is 11.1. The second-order valence-corrected chi connectivity index (χ2v) is 2.78. The SMILES string of the molecule is CCOc1cccc(N/C=C/C(=O)O)c1. The lowest BCUT2D eigenvalue weighted by molar-refractivity contribution is -0.131. The number of carboxylic acids is 1. The van der Waals surface area contributed by atoms with Crippen LogP contribution in [0.4, 0.5) is 5.69 Å². The van der Waals surface area contributed by atoms with E-state index in [0.717, 1.165) is 17.5 Å². The standard InChI is InChI=1S/C11H13NO3/c1-2-15-10-5-3-4-9(8-10)12-7-6-11(13)14/h3-8,12H,2H2,1H3,(H,13,14)/b7-6+. The van der Waals surface area contributed by atoms with Crippen LogP contribution in [0.15, 0.2) is 36.5 Å². The zero-order valence-corrected chi connectivity index (χ0v) is 8.43. The maximum atomic E-state index is 10.2. The Morgan fingerprint density at radius 1 is 1.60 bits per heavy atom. The van der Waals surface area contributed by atoms with Crippen LogP contribution in [0.5, 0.6) is 5.75 Å². The fraction of sp³-hybridized carbons (Fsp3) is 0.182. The van der Waals surface area contributed by atoms with Crippen molar-refractivity contribution < 1.29 is 14.6 Å². The fourth-order valence-corrected chi connectivity index (χ4v) is 1.05. The molecule has 0 aromatic heterocycles. The molecular weight excluding hydrogens is 194 g/mol. The predicted octanol–water partition coefficient (Wildman–Crippen LogP) is 2.10. The van der Waals surface area contributed by atoms with E-state index in [1.807, 2.05) is 25.1 Å². The highest BCUT2D eigenvalue weighted by molar-refractivity contribution is 5.80.